The molecule has 2 rings (SSSR count). The van der Waals surface area contributed by atoms with Gasteiger partial charge in [0.05, 0.1) is 6.04 Å². The van der Waals surface area contributed by atoms with Crippen molar-refractivity contribution in [2.45, 2.75) is 25.3 Å². The Balaban J connectivity index is 1.88. The van der Waals surface area contributed by atoms with E-state index in [9.17, 15) is 4.79 Å². The van der Waals surface area contributed by atoms with Crippen LogP contribution in [-0.4, -0.2) is 31.4 Å². The van der Waals surface area contributed by atoms with Crippen LogP contribution < -0.4 is 5.32 Å². The van der Waals surface area contributed by atoms with Gasteiger partial charge in [0.1, 0.15) is 0 Å². The van der Waals surface area contributed by atoms with Gasteiger partial charge in [-0.05, 0) is 49.3 Å². The van der Waals surface area contributed by atoms with Crippen molar-refractivity contribution < 1.29 is 4.79 Å². The second-order valence-electron chi connectivity index (χ2n) is 4.91. The molecule has 1 aromatic heterocycles. The van der Waals surface area contributed by atoms with E-state index in [4.69, 9.17) is 0 Å². The Kier molecular flexibility index (Phi) is 4.18. The van der Waals surface area contributed by atoms with Gasteiger partial charge in [-0.25, -0.2) is 0 Å². The molecule has 1 amide bonds. The lowest BCUT2D eigenvalue weighted by molar-refractivity contribution is -0.127. The molecular weight excluding hydrogens is 232 g/mol. The molecule has 3 nitrogen and oxygen atoms in total. The van der Waals surface area contributed by atoms with Crippen molar-refractivity contribution in [3.8, 4) is 0 Å². The summed E-state index contributed by atoms with van der Waals surface area (Å²) in [6.45, 7) is 0.707. The molecule has 1 atom stereocenters. The summed E-state index contributed by atoms with van der Waals surface area (Å²) in [6, 6.07) is 2.41. The number of carbonyl (C=O) groups excluding carboxylic acids is 1. The zero-order valence-electron chi connectivity index (χ0n) is 10.5. The van der Waals surface area contributed by atoms with Crippen molar-refractivity contribution in [3.05, 3.63) is 22.4 Å². The van der Waals surface area contributed by atoms with Crippen molar-refractivity contribution in [1.82, 2.24) is 10.2 Å². The fourth-order valence-corrected chi connectivity index (χ4v) is 2.78. The minimum absolute atomic E-state index is 0.235. The van der Waals surface area contributed by atoms with Crippen LogP contribution in [0.5, 0.6) is 0 Å². The first-order valence-electron chi connectivity index (χ1n) is 6.14. The summed E-state index contributed by atoms with van der Waals surface area (Å²) in [4.78, 5) is 14.0. The van der Waals surface area contributed by atoms with Crippen molar-refractivity contribution >= 4 is 17.2 Å². The molecule has 0 spiro atoms. The number of likely N-dealkylation sites (N-methyl/N-ethyl adjacent to an activating group) is 1. The van der Waals surface area contributed by atoms with E-state index in [1.807, 2.05) is 0 Å². The van der Waals surface area contributed by atoms with Crippen LogP contribution in [0.2, 0.25) is 0 Å². The minimum atomic E-state index is 0.235. The highest BCUT2D eigenvalue weighted by atomic mass is 32.1. The van der Waals surface area contributed by atoms with Crippen LogP contribution in [0.25, 0.3) is 0 Å². The number of nitrogens with one attached hydrogen (secondary N) is 1. The zero-order chi connectivity index (χ0) is 12.3. The summed E-state index contributed by atoms with van der Waals surface area (Å²) in [6.07, 6.45) is 3.34. The number of rotatable bonds is 5. The van der Waals surface area contributed by atoms with E-state index in [-0.39, 0.29) is 17.9 Å². The standard InChI is InChI=1S/C13H20N2OS/c1-15(2)12(11-6-7-17-9-11)8-14-13(16)10-4-3-5-10/h6-7,9-10,12H,3-5,8H2,1-2H3,(H,14,16). The molecule has 1 fully saturated rings. The highest BCUT2D eigenvalue weighted by Gasteiger charge is 2.26. The first kappa shape index (κ1) is 12.6. The molecule has 1 heterocycles. The van der Waals surface area contributed by atoms with Crippen LogP contribution in [0.3, 0.4) is 0 Å². The van der Waals surface area contributed by atoms with Gasteiger partial charge in [0.15, 0.2) is 0 Å². The van der Waals surface area contributed by atoms with Gasteiger partial charge in [0.2, 0.25) is 5.91 Å². The van der Waals surface area contributed by atoms with Gasteiger partial charge < -0.3 is 10.2 Å². The molecular formula is C13H20N2OS. The van der Waals surface area contributed by atoms with Gasteiger partial charge in [0, 0.05) is 12.5 Å². The Morgan fingerprint density at radius 2 is 2.35 bits per heavy atom. The Hall–Kier alpha value is -0.870. The molecule has 0 aliphatic heterocycles. The monoisotopic (exact) mass is 252 g/mol. The first-order chi connectivity index (χ1) is 8.18. The molecule has 0 saturated heterocycles. The second kappa shape index (κ2) is 5.65. The molecule has 1 saturated carbocycles. The molecule has 0 radical (unpaired) electrons. The Labute approximate surface area is 107 Å². The summed E-state index contributed by atoms with van der Waals surface area (Å²) in [5, 5.41) is 7.31. The van der Waals surface area contributed by atoms with Crippen LogP contribution >= 0.6 is 11.3 Å². The van der Waals surface area contributed by atoms with Crippen molar-refractivity contribution in [3.63, 3.8) is 0 Å². The molecule has 0 aromatic carbocycles. The molecule has 1 aliphatic rings. The molecule has 94 valence electrons. The van der Waals surface area contributed by atoms with E-state index < -0.39 is 0 Å². The van der Waals surface area contributed by atoms with Gasteiger partial charge in [0.25, 0.3) is 0 Å². The quantitative estimate of drug-likeness (QED) is 0.872. The third-order valence-electron chi connectivity index (χ3n) is 3.50. The molecule has 0 bridgehead atoms. The number of hydrogen-bond donors (Lipinski definition) is 1. The maximum atomic E-state index is 11.8. The Morgan fingerprint density at radius 1 is 1.59 bits per heavy atom. The predicted octanol–water partition coefficient (Wildman–Crippen LogP) is 2.27. The first-order valence-corrected chi connectivity index (χ1v) is 7.09. The van der Waals surface area contributed by atoms with Gasteiger partial charge in [-0.3, -0.25) is 4.79 Å². The SMILES string of the molecule is CN(C)C(CNC(=O)C1CCC1)c1ccsc1. The number of carbonyl (C=O) groups is 1. The van der Waals surface area contributed by atoms with Gasteiger partial charge in [-0.15, -0.1) is 0 Å². The van der Waals surface area contributed by atoms with E-state index in [0.717, 1.165) is 12.8 Å². The van der Waals surface area contributed by atoms with E-state index in [1.54, 1.807) is 11.3 Å². The van der Waals surface area contributed by atoms with Crippen LogP contribution in [0.15, 0.2) is 16.8 Å². The van der Waals surface area contributed by atoms with Crippen molar-refractivity contribution in [1.29, 1.82) is 0 Å². The van der Waals surface area contributed by atoms with Gasteiger partial charge in [-0.2, -0.15) is 11.3 Å². The summed E-state index contributed by atoms with van der Waals surface area (Å²) in [5.74, 6) is 0.513. The molecule has 1 aromatic rings. The summed E-state index contributed by atoms with van der Waals surface area (Å²) >= 11 is 1.70. The Morgan fingerprint density at radius 3 is 2.82 bits per heavy atom. The third-order valence-corrected chi connectivity index (χ3v) is 4.20. The van der Waals surface area contributed by atoms with Crippen LogP contribution in [0.4, 0.5) is 0 Å². The summed E-state index contributed by atoms with van der Waals surface area (Å²) in [5.41, 5.74) is 1.29. The fraction of sp³-hybridized carbons (Fsp3) is 0.615. The number of nitrogens with zero attached hydrogens (tertiary/aromatic N) is 1. The zero-order valence-corrected chi connectivity index (χ0v) is 11.3. The van der Waals surface area contributed by atoms with Crippen LogP contribution in [0.1, 0.15) is 30.9 Å². The maximum absolute atomic E-state index is 11.8. The third kappa shape index (κ3) is 3.07. The van der Waals surface area contributed by atoms with Crippen molar-refractivity contribution in [2.75, 3.05) is 20.6 Å². The van der Waals surface area contributed by atoms with Crippen molar-refractivity contribution in [2.24, 2.45) is 5.92 Å². The normalized spacial score (nSPS) is 17.8. The minimum Gasteiger partial charge on any atom is -0.354 e. The van der Waals surface area contributed by atoms with E-state index >= 15 is 0 Å². The topological polar surface area (TPSA) is 32.3 Å². The lowest BCUT2D eigenvalue weighted by atomic mass is 9.85. The number of hydrogen-bond acceptors (Lipinski definition) is 3. The lowest BCUT2D eigenvalue weighted by Gasteiger charge is -2.28. The molecule has 4 heteroatoms. The summed E-state index contributed by atoms with van der Waals surface area (Å²) in [7, 11) is 4.11. The van der Waals surface area contributed by atoms with Gasteiger partial charge >= 0.3 is 0 Å². The molecule has 1 aliphatic carbocycles. The predicted molar refractivity (Wildman–Crippen MR) is 71.1 cm³/mol. The lowest BCUT2D eigenvalue weighted by Crippen LogP contribution is -2.39. The highest BCUT2D eigenvalue weighted by molar-refractivity contribution is 7.07. The maximum Gasteiger partial charge on any atom is 0.223 e. The fourth-order valence-electron chi connectivity index (χ4n) is 2.08. The smallest absolute Gasteiger partial charge is 0.223 e. The molecule has 17 heavy (non-hydrogen) atoms. The second-order valence-corrected chi connectivity index (χ2v) is 5.69. The number of amides is 1. The summed E-state index contributed by atoms with van der Waals surface area (Å²) < 4.78 is 0. The van der Waals surface area contributed by atoms with E-state index in [2.05, 4.69) is 41.1 Å². The van der Waals surface area contributed by atoms with E-state index in [0.29, 0.717) is 6.54 Å². The largest absolute Gasteiger partial charge is 0.354 e. The van der Waals surface area contributed by atoms with Crippen LogP contribution in [-0.2, 0) is 4.79 Å². The number of thiophene rings is 1. The van der Waals surface area contributed by atoms with Crippen LogP contribution in [0, 0.1) is 5.92 Å². The van der Waals surface area contributed by atoms with E-state index in [1.165, 1.54) is 12.0 Å². The Bertz CT molecular complexity index is 358. The average Bonchev–Trinajstić information content (AvgIpc) is 2.67. The molecule has 1 unspecified atom stereocenters. The average molecular weight is 252 g/mol. The highest BCUT2D eigenvalue weighted by Crippen LogP contribution is 2.26. The molecule has 1 N–H and O–H groups in total. The van der Waals surface area contributed by atoms with Gasteiger partial charge in [-0.1, -0.05) is 6.42 Å².